The molecule has 1 saturated carbocycles. The van der Waals surface area contributed by atoms with Gasteiger partial charge in [0.2, 0.25) is 0 Å². The Hall–Kier alpha value is -1.00. The molecule has 0 bridgehead atoms. The molecule has 0 saturated heterocycles. The molecular formula is C12H19N3O. The number of nitrogens with zero attached hydrogens (tertiary/aromatic N) is 2. The van der Waals surface area contributed by atoms with Crippen molar-refractivity contribution in [3.05, 3.63) is 24.3 Å². The molecule has 4 heteroatoms. The van der Waals surface area contributed by atoms with E-state index in [0.29, 0.717) is 5.41 Å². The van der Waals surface area contributed by atoms with Gasteiger partial charge < -0.3 is 10.1 Å². The van der Waals surface area contributed by atoms with Gasteiger partial charge in [-0.15, -0.1) is 0 Å². The molecule has 1 heterocycles. The van der Waals surface area contributed by atoms with Crippen LogP contribution in [0.3, 0.4) is 0 Å². The van der Waals surface area contributed by atoms with E-state index in [-0.39, 0.29) is 0 Å². The van der Waals surface area contributed by atoms with Crippen molar-refractivity contribution in [3.8, 4) is 0 Å². The largest absolute Gasteiger partial charge is 0.385 e. The highest BCUT2D eigenvalue weighted by Gasteiger charge is 2.41. The maximum Gasteiger partial charge on any atom is 0.115 e. The first-order valence-corrected chi connectivity index (χ1v) is 5.78. The van der Waals surface area contributed by atoms with E-state index in [0.717, 1.165) is 25.3 Å². The minimum atomic E-state index is 0.506. The Bertz CT molecular complexity index is 311. The lowest BCUT2D eigenvalue weighted by Gasteiger charge is -2.15. The molecule has 0 atom stereocenters. The van der Waals surface area contributed by atoms with Gasteiger partial charge in [0.05, 0.1) is 0 Å². The van der Waals surface area contributed by atoms with Gasteiger partial charge in [0, 0.05) is 44.8 Å². The number of rotatable bonds is 7. The Kier molecular flexibility index (Phi) is 3.85. The summed E-state index contributed by atoms with van der Waals surface area (Å²) < 4.78 is 5.13. The fourth-order valence-corrected chi connectivity index (χ4v) is 1.90. The SMILES string of the molecule is COCCC1(CNCc2cncnc2)CC1. The summed E-state index contributed by atoms with van der Waals surface area (Å²) in [6.07, 6.45) is 9.10. The molecule has 2 rings (SSSR count). The van der Waals surface area contributed by atoms with Crippen molar-refractivity contribution in [3.63, 3.8) is 0 Å². The van der Waals surface area contributed by atoms with Crippen LogP contribution in [0, 0.1) is 5.41 Å². The minimum Gasteiger partial charge on any atom is -0.385 e. The molecule has 4 nitrogen and oxygen atoms in total. The Morgan fingerprint density at radius 2 is 2.12 bits per heavy atom. The molecule has 1 aliphatic rings. The average molecular weight is 221 g/mol. The molecular weight excluding hydrogens is 202 g/mol. The molecule has 0 unspecified atom stereocenters. The van der Waals surface area contributed by atoms with Crippen molar-refractivity contribution >= 4 is 0 Å². The van der Waals surface area contributed by atoms with Crippen molar-refractivity contribution in [1.29, 1.82) is 0 Å². The molecule has 88 valence electrons. The zero-order valence-electron chi connectivity index (χ0n) is 9.78. The monoisotopic (exact) mass is 221 g/mol. The van der Waals surface area contributed by atoms with Crippen molar-refractivity contribution in [2.24, 2.45) is 5.41 Å². The van der Waals surface area contributed by atoms with E-state index >= 15 is 0 Å². The van der Waals surface area contributed by atoms with Crippen LogP contribution in [0.4, 0.5) is 0 Å². The quantitative estimate of drug-likeness (QED) is 0.755. The first-order chi connectivity index (χ1) is 7.85. The molecule has 1 aliphatic carbocycles. The van der Waals surface area contributed by atoms with Crippen LogP contribution in [0.1, 0.15) is 24.8 Å². The minimum absolute atomic E-state index is 0.506. The third-order valence-corrected chi connectivity index (χ3v) is 3.24. The summed E-state index contributed by atoms with van der Waals surface area (Å²) in [7, 11) is 1.77. The van der Waals surface area contributed by atoms with Crippen LogP contribution in [0.5, 0.6) is 0 Å². The summed E-state index contributed by atoms with van der Waals surface area (Å²) in [6, 6.07) is 0. The molecule has 0 radical (unpaired) electrons. The van der Waals surface area contributed by atoms with Crippen molar-refractivity contribution in [2.75, 3.05) is 20.3 Å². The second-order valence-corrected chi connectivity index (χ2v) is 4.59. The lowest BCUT2D eigenvalue weighted by Crippen LogP contribution is -2.24. The van der Waals surface area contributed by atoms with Gasteiger partial charge in [-0.25, -0.2) is 9.97 Å². The number of aromatic nitrogens is 2. The topological polar surface area (TPSA) is 47.0 Å². The van der Waals surface area contributed by atoms with Crippen molar-refractivity contribution < 1.29 is 4.74 Å². The van der Waals surface area contributed by atoms with Crippen LogP contribution < -0.4 is 5.32 Å². The van der Waals surface area contributed by atoms with Gasteiger partial charge in [-0.3, -0.25) is 0 Å². The normalized spacial score (nSPS) is 17.3. The molecule has 0 aromatic carbocycles. The maximum absolute atomic E-state index is 5.13. The lowest BCUT2D eigenvalue weighted by atomic mass is 10.0. The van der Waals surface area contributed by atoms with Crippen molar-refractivity contribution in [2.45, 2.75) is 25.8 Å². The maximum atomic E-state index is 5.13. The summed E-state index contributed by atoms with van der Waals surface area (Å²) in [5.74, 6) is 0. The van der Waals surface area contributed by atoms with Gasteiger partial charge in [-0.05, 0) is 24.7 Å². The van der Waals surface area contributed by atoms with Crippen LogP contribution in [0.25, 0.3) is 0 Å². The van der Waals surface area contributed by atoms with E-state index < -0.39 is 0 Å². The van der Waals surface area contributed by atoms with E-state index in [4.69, 9.17) is 4.74 Å². The van der Waals surface area contributed by atoms with E-state index in [2.05, 4.69) is 15.3 Å². The summed E-state index contributed by atoms with van der Waals surface area (Å²) in [5, 5.41) is 3.48. The van der Waals surface area contributed by atoms with E-state index in [1.807, 2.05) is 12.4 Å². The standard InChI is InChI=1S/C12H19N3O/c1-16-5-4-12(2-3-12)9-13-6-11-7-14-10-15-8-11/h7-8,10,13H,2-6,9H2,1H3. The highest BCUT2D eigenvalue weighted by atomic mass is 16.5. The van der Waals surface area contributed by atoms with Crippen LogP contribution in [-0.2, 0) is 11.3 Å². The summed E-state index contributed by atoms with van der Waals surface area (Å²) in [4.78, 5) is 7.99. The number of ether oxygens (including phenoxy) is 1. The third kappa shape index (κ3) is 3.25. The predicted octanol–water partition coefficient (Wildman–Crippen LogP) is 1.38. The average Bonchev–Trinajstić information content (AvgIpc) is 3.09. The van der Waals surface area contributed by atoms with Gasteiger partial charge in [0.1, 0.15) is 6.33 Å². The van der Waals surface area contributed by atoms with E-state index in [1.54, 1.807) is 13.4 Å². The zero-order chi connectivity index (χ0) is 11.3. The Labute approximate surface area is 96.4 Å². The molecule has 1 N–H and O–H groups in total. The van der Waals surface area contributed by atoms with Gasteiger partial charge in [-0.2, -0.15) is 0 Å². The molecule has 0 aliphatic heterocycles. The predicted molar refractivity (Wildman–Crippen MR) is 61.9 cm³/mol. The van der Waals surface area contributed by atoms with Gasteiger partial charge in [-0.1, -0.05) is 0 Å². The Morgan fingerprint density at radius 3 is 2.75 bits per heavy atom. The molecule has 0 spiro atoms. The fourth-order valence-electron chi connectivity index (χ4n) is 1.90. The van der Waals surface area contributed by atoms with Crippen molar-refractivity contribution in [1.82, 2.24) is 15.3 Å². The second-order valence-electron chi connectivity index (χ2n) is 4.59. The van der Waals surface area contributed by atoms with Gasteiger partial charge in [0.15, 0.2) is 0 Å². The highest BCUT2D eigenvalue weighted by molar-refractivity contribution is 5.02. The van der Waals surface area contributed by atoms with E-state index in [1.165, 1.54) is 19.3 Å². The van der Waals surface area contributed by atoms with Gasteiger partial charge >= 0.3 is 0 Å². The van der Waals surface area contributed by atoms with Crippen LogP contribution in [0.15, 0.2) is 18.7 Å². The highest BCUT2D eigenvalue weighted by Crippen LogP contribution is 2.48. The van der Waals surface area contributed by atoms with Crippen LogP contribution in [-0.4, -0.2) is 30.2 Å². The number of hydrogen-bond acceptors (Lipinski definition) is 4. The van der Waals surface area contributed by atoms with Gasteiger partial charge in [0.25, 0.3) is 0 Å². The molecule has 1 aromatic heterocycles. The van der Waals surface area contributed by atoms with Crippen LogP contribution in [0.2, 0.25) is 0 Å². The smallest absolute Gasteiger partial charge is 0.115 e. The second kappa shape index (κ2) is 5.37. The molecule has 1 fully saturated rings. The Balaban J connectivity index is 1.68. The molecule has 0 amide bonds. The number of nitrogens with one attached hydrogen (secondary N) is 1. The Morgan fingerprint density at radius 1 is 1.38 bits per heavy atom. The molecule has 1 aromatic rings. The van der Waals surface area contributed by atoms with E-state index in [9.17, 15) is 0 Å². The fraction of sp³-hybridized carbons (Fsp3) is 0.667. The third-order valence-electron chi connectivity index (χ3n) is 3.24. The molecule has 16 heavy (non-hydrogen) atoms. The zero-order valence-corrected chi connectivity index (χ0v) is 9.78. The van der Waals surface area contributed by atoms with Crippen LogP contribution >= 0.6 is 0 Å². The number of hydrogen-bond donors (Lipinski definition) is 1. The summed E-state index contributed by atoms with van der Waals surface area (Å²) in [5.41, 5.74) is 1.65. The first kappa shape index (κ1) is 11.5. The first-order valence-electron chi connectivity index (χ1n) is 5.78. The summed E-state index contributed by atoms with van der Waals surface area (Å²) >= 11 is 0. The number of methoxy groups -OCH3 is 1. The summed E-state index contributed by atoms with van der Waals surface area (Å²) in [6.45, 7) is 2.80. The lowest BCUT2D eigenvalue weighted by molar-refractivity contribution is 0.171.